The average Bonchev–Trinajstić information content (AvgIpc) is 2.48. The number of hydrogen-bond donors (Lipinski definition) is 0. The van der Waals surface area contributed by atoms with E-state index in [2.05, 4.69) is 37.5 Å². The van der Waals surface area contributed by atoms with E-state index in [0.717, 1.165) is 19.4 Å². The Labute approximate surface area is 86.8 Å². The van der Waals surface area contributed by atoms with Gasteiger partial charge in [0.05, 0.1) is 0 Å². The van der Waals surface area contributed by atoms with E-state index in [1.807, 2.05) is 6.20 Å². The Morgan fingerprint density at radius 2 is 2.07 bits per heavy atom. The summed E-state index contributed by atoms with van der Waals surface area (Å²) in [5, 5.41) is 0. The molecule has 2 heteroatoms. The maximum Gasteiger partial charge on any atom is 0.0441 e. The lowest BCUT2D eigenvalue weighted by Gasteiger charge is -2.15. The molecule has 0 spiro atoms. The summed E-state index contributed by atoms with van der Waals surface area (Å²) in [7, 11) is 0. The predicted octanol–water partition coefficient (Wildman–Crippen LogP) is 3.24. The molecule has 78 valence electrons. The van der Waals surface area contributed by atoms with Gasteiger partial charge in [-0.1, -0.05) is 20.8 Å². The molecule has 1 saturated carbocycles. The highest BCUT2D eigenvalue weighted by Crippen LogP contribution is 2.23. The zero-order valence-electron chi connectivity index (χ0n) is 9.51. The molecule has 0 aromatic heterocycles. The fourth-order valence-electron chi connectivity index (χ4n) is 1.51. The van der Waals surface area contributed by atoms with Crippen LogP contribution < -0.4 is 0 Å². The maximum absolute atomic E-state index is 4.66. The van der Waals surface area contributed by atoms with Crippen molar-refractivity contribution in [3.05, 3.63) is 11.8 Å². The van der Waals surface area contributed by atoms with Crippen molar-refractivity contribution in [1.82, 2.24) is 0 Å². The highest BCUT2D eigenvalue weighted by molar-refractivity contribution is 6.02. The number of rotatable bonds is 2. The van der Waals surface area contributed by atoms with Crippen LogP contribution in [0.5, 0.6) is 0 Å². The summed E-state index contributed by atoms with van der Waals surface area (Å²) in [6.45, 7) is 11.0. The second-order valence-electron chi connectivity index (χ2n) is 5.01. The van der Waals surface area contributed by atoms with Gasteiger partial charge in [-0.25, -0.2) is 0 Å². The summed E-state index contributed by atoms with van der Waals surface area (Å²) in [5.41, 5.74) is 2.80. The van der Waals surface area contributed by atoms with E-state index in [0.29, 0.717) is 0 Å². The van der Waals surface area contributed by atoms with E-state index in [4.69, 9.17) is 0 Å². The van der Waals surface area contributed by atoms with Gasteiger partial charge in [0, 0.05) is 18.5 Å². The zero-order chi connectivity index (χ0) is 10.6. The lowest BCUT2D eigenvalue weighted by atomic mass is 9.97. The van der Waals surface area contributed by atoms with Crippen molar-refractivity contribution < 1.29 is 0 Å². The van der Waals surface area contributed by atoms with Crippen molar-refractivity contribution in [2.45, 2.75) is 40.0 Å². The zero-order valence-corrected chi connectivity index (χ0v) is 9.51. The van der Waals surface area contributed by atoms with Crippen molar-refractivity contribution >= 4 is 12.4 Å². The molecule has 2 nitrogen and oxygen atoms in total. The molecule has 1 aliphatic carbocycles. The molecule has 0 atom stereocenters. The first-order valence-corrected chi connectivity index (χ1v) is 5.21. The summed E-state index contributed by atoms with van der Waals surface area (Å²) in [6.07, 6.45) is 5.29. The smallest absolute Gasteiger partial charge is 0.0441 e. The van der Waals surface area contributed by atoms with Crippen LogP contribution >= 0.6 is 0 Å². The van der Waals surface area contributed by atoms with Crippen LogP contribution in [-0.4, -0.2) is 19.0 Å². The van der Waals surface area contributed by atoms with Crippen LogP contribution in [0.3, 0.4) is 0 Å². The van der Waals surface area contributed by atoms with Gasteiger partial charge in [-0.3, -0.25) is 9.98 Å². The first-order chi connectivity index (χ1) is 6.53. The minimum Gasteiger partial charge on any atom is -0.289 e. The Hall–Kier alpha value is -0.920. The topological polar surface area (TPSA) is 24.7 Å². The SMILES string of the molecule is C=N/C=C1/CCC/C1=N/CC(C)(C)C. The van der Waals surface area contributed by atoms with Crippen LogP contribution in [0.1, 0.15) is 40.0 Å². The van der Waals surface area contributed by atoms with Gasteiger partial charge in [0.1, 0.15) is 0 Å². The van der Waals surface area contributed by atoms with Crippen molar-refractivity contribution in [1.29, 1.82) is 0 Å². The minimum atomic E-state index is 0.280. The van der Waals surface area contributed by atoms with Gasteiger partial charge in [0.15, 0.2) is 0 Å². The lowest BCUT2D eigenvalue weighted by Crippen LogP contribution is -2.11. The van der Waals surface area contributed by atoms with Gasteiger partial charge in [-0.15, -0.1) is 0 Å². The standard InChI is InChI=1S/C12H20N2/c1-12(2,3)9-14-11-7-5-6-10(11)8-13-4/h8H,4-7,9H2,1-3H3/b10-8-,14-11-. The average molecular weight is 192 g/mol. The van der Waals surface area contributed by atoms with Crippen LogP contribution in [0.15, 0.2) is 21.8 Å². The highest BCUT2D eigenvalue weighted by Gasteiger charge is 2.16. The molecule has 0 saturated heterocycles. The molecular weight excluding hydrogens is 172 g/mol. The second kappa shape index (κ2) is 4.54. The van der Waals surface area contributed by atoms with E-state index < -0.39 is 0 Å². The molecular formula is C12H20N2. The third-order valence-corrected chi connectivity index (χ3v) is 2.22. The van der Waals surface area contributed by atoms with Crippen molar-refractivity contribution in [2.75, 3.05) is 6.54 Å². The monoisotopic (exact) mass is 192 g/mol. The van der Waals surface area contributed by atoms with Gasteiger partial charge in [-0.2, -0.15) is 0 Å². The molecule has 0 N–H and O–H groups in total. The molecule has 0 radical (unpaired) electrons. The molecule has 14 heavy (non-hydrogen) atoms. The molecule has 1 rings (SSSR count). The van der Waals surface area contributed by atoms with E-state index in [1.54, 1.807) is 0 Å². The number of allylic oxidation sites excluding steroid dienone is 1. The normalized spacial score (nSPS) is 23.4. The molecule has 0 amide bonds. The molecule has 1 fully saturated rings. The molecule has 0 aromatic rings. The molecule has 1 aliphatic rings. The first kappa shape index (κ1) is 11.2. The van der Waals surface area contributed by atoms with Gasteiger partial charge in [-0.05, 0) is 37.0 Å². The largest absolute Gasteiger partial charge is 0.289 e. The second-order valence-corrected chi connectivity index (χ2v) is 5.01. The third kappa shape index (κ3) is 3.44. The van der Waals surface area contributed by atoms with E-state index >= 15 is 0 Å². The Balaban J connectivity index is 2.67. The van der Waals surface area contributed by atoms with Crippen LogP contribution in [0, 0.1) is 5.41 Å². The van der Waals surface area contributed by atoms with Gasteiger partial charge in [0.2, 0.25) is 0 Å². The molecule has 0 aliphatic heterocycles. The molecule has 0 heterocycles. The van der Waals surface area contributed by atoms with E-state index in [-0.39, 0.29) is 5.41 Å². The predicted molar refractivity (Wildman–Crippen MR) is 63.2 cm³/mol. The van der Waals surface area contributed by atoms with Crippen molar-refractivity contribution in [3.8, 4) is 0 Å². The fourth-order valence-corrected chi connectivity index (χ4v) is 1.51. The summed E-state index contributed by atoms with van der Waals surface area (Å²) in [6, 6.07) is 0. The molecule has 0 unspecified atom stereocenters. The number of nitrogens with zero attached hydrogens (tertiary/aromatic N) is 2. The molecule has 0 bridgehead atoms. The van der Waals surface area contributed by atoms with Crippen LogP contribution in [0.2, 0.25) is 0 Å². The van der Waals surface area contributed by atoms with Gasteiger partial charge >= 0.3 is 0 Å². The van der Waals surface area contributed by atoms with Crippen molar-refractivity contribution in [3.63, 3.8) is 0 Å². The van der Waals surface area contributed by atoms with Crippen LogP contribution in [-0.2, 0) is 0 Å². The van der Waals surface area contributed by atoms with Gasteiger partial charge < -0.3 is 0 Å². The quantitative estimate of drug-likeness (QED) is 0.600. The summed E-state index contributed by atoms with van der Waals surface area (Å²) in [5.74, 6) is 0. The first-order valence-electron chi connectivity index (χ1n) is 5.21. The Morgan fingerprint density at radius 3 is 2.64 bits per heavy atom. The summed E-state index contributed by atoms with van der Waals surface area (Å²) >= 11 is 0. The van der Waals surface area contributed by atoms with E-state index in [9.17, 15) is 0 Å². The van der Waals surface area contributed by atoms with Gasteiger partial charge in [0.25, 0.3) is 0 Å². The summed E-state index contributed by atoms with van der Waals surface area (Å²) in [4.78, 5) is 8.47. The Bertz CT molecular complexity index is 267. The summed E-state index contributed by atoms with van der Waals surface area (Å²) < 4.78 is 0. The number of hydrogen-bond acceptors (Lipinski definition) is 2. The third-order valence-electron chi connectivity index (χ3n) is 2.22. The van der Waals surface area contributed by atoms with E-state index in [1.165, 1.54) is 17.7 Å². The molecule has 0 aromatic carbocycles. The van der Waals surface area contributed by atoms with Crippen molar-refractivity contribution in [2.24, 2.45) is 15.4 Å². The lowest BCUT2D eigenvalue weighted by molar-refractivity contribution is 0.429. The Morgan fingerprint density at radius 1 is 1.36 bits per heavy atom. The van der Waals surface area contributed by atoms with Crippen LogP contribution in [0.4, 0.5) is 0 Å². The number of aliphatic imine (C=N–C) groups is 2. The maximum atomic E-state index is 4.66. The van der Waals surface area contributed by atoms with Crippen LogP contribution in [0.25, 0.3) is 0 Å². The fraction of sp³-hybridized carbons (Fsp3) is 0.667. The highest BCUT2D eigenvalue weighted by atomic mass is 14.8. The minimum absolute atomic E-state index is 0.280. The Kier molecular flexibility index (Phi) is 3.62.